The summed E-state index contributed by atoms with van der Waals surface area (Å²) in [6.45, 7) is 8.12. The number of carboxylic acids is 1. The van der Waals surface area contributed by atoms with E-state index in [4.69, 9.17) is 4.74 Å². The molecule has 2 N–H and O–H groups in total. The van der Waals surface area contributed by atoms with Crippen molar-refractivity contribution in [2.45, 2.75) is 52.1 Å². The standard InChI is InChI=1S/C15H26N2O4/c1-15(2,3)5-7-21-14(20)17-11(13(18)19)8-10-4-6-16-9-12(10)17/h10-12,16H,4-9H2,1-3H3,(H,18,19). The third kappa shape index (κ3) is 3.87. The third-order valence-electron chi connectivity index (χ3n) is 4.38. The number of ether oxygens (including phenoxy) is 1. The molecule has 2 fully saturated rings. The first-order valence-corrected chi connectivity index (χ1v) is 7.68. The number of aliphatic carboxylic acids is 1. The van der Waals surface area contributed by atoms with Crippen LogP contribution in [0.3, 0.4) is 0 Å². The highest BCUT2D eigenvalue weighted by Gasteiger charge is 2.48. The van der Waals surface area contributed by atoms with Crippen molar-refractivity contribution in [3.8, 4) is 0 Å². The van der Waals surface area contributed by atoms with Crippen molar-refractivity contribution in [2.75, 3.05) is 19.7 Å². The molecule has 2 heterocycles. The second-order valence-electron chi connectivity index (χ2n) is 7.24. The molecule has 3 unspecified atom stereocenters. The fourth-order valence-corrected chi connectivity index (χ4v) is 3.13. The number of amides is 1. The largest absolute Gasteiger partial charge is 0.480 e. The van der Waals surface area contributed by atoms with Gasteiger partial charge in [0.1, 0.15) is 6.04 Å². The Bertz CT molecular complexity index is 405. The molecule has 0 saturated carbocycles. The molecule has 0 radical (unpaired) electrons. The molecule has 2 rings (SSSR count). The summed E-state index contributed by atoms with van der Waals surface area (Å²) in [5.41, 5.74) is 0.0897. The van der Waals surface area contributed by atoms with Crippen molar-refractivity contribution in [3.05, 3.63) is 0 Å². The summed E-state index contributed by atoms with van der Waals surface area (Å²) in [5.74, 6) is -0.667. The summed E-state index contributed by atoms with van der Waals surface area (Å²) in [5, 5.41) is 12.6. The van der Waals surface area contributed by atoms with Crippen LogP contribution in [-0.4, -0.2) is 53.8 Å². The van der Waals surface area contributed by atoms with Gasteiger partial charge in [0.25, 0.3) is 0 Å². The van der Waals surface area contributed by atoms with E-state index in [9.17, 15) is 14.7 Å². The summed E-state index contributed by atoms with van der Waals surface area (Å²) in [7, 11) is 0. The lowest BCUT2D eigenvalue weighted by molar-refractivity contribution is -0.142. The molecular weight excluding hydrogens is 272 g/mol. The smallest absolute Gasteiger partial charge is 0.410 e. The summed E-state index contributed by atoms with van der Waals surface area (Å²) in [4.78, 5) is 25.2. The number of likely N-dealkylation sites (tertiary alicyclic amines) is 1. The lowest BCUT2D eigenvalue weighted by Crippen LogP contribution is -2.51. The highest BCUT2D eigenvalue weighted by atomic mass is 16.6. The second-order valence-corrected chi connectivity index (χ2v) is 7.24. The van der Waals surface area contributed by atoms with E-state index in [0.717, 1.165) is 19.4 Å². The van der Waals surface area contributed by atoms with E-state index in [1.807, 2.05) is 0 Å². The first-order valence-electron chi connectivity index (χ1n) is 7.68. The number of hydrogen-bond acceptors (Lipinski definition) is 4. The number of carbonyl (C=O) groups excluding carboxylic acids is 1. The number of carboxylic acid groups (broad SMARTS) is 1. The van der Waals surface area contributed by atoms with Crippen LogP contribution in [-0.2, 0) is 9.53 Å². The molecule has 0 aliphatic carbocycles. The molecule has 2 saturated heterocycles. The lowest BCUT2D eigenvalue weighted by Gasteiger charge is -2.32. The van der Waals surface area contributed by atoms with Crippen molar-refractivity contribution in [1.82, 2.24) is 10.2 Å². The fraction of sp³-hybridized carbons (Fsp3) is 0.867. The monoisotopic (exact) mass is 298 g/mol. The van der Waals surface area contributed by atoms with Crippen LogP contribution in [0.15, 0.2) is 0 Å². The predicted octanol–water partition coefficient (Wildman–Crippen LogP) is 1.70. The molecule has 2 aliphatic rings. The molecule has 3 atom stereocenters. The molecule has 0 spiro atoms. The average Bonchev–Trinajstić information content (AvgIpc) is 2.76. The minimum Gasteiger partial charge on any atom is -0.480 e. The molecule has 6 heteroatoms. The summed E-state index contributed by atoms with van der Waals surface area (Å²) in [6, 6.07) is -0.802. The van der Waals surface area contributed by atoms with Crippen LogP contribution < -0.4 is 5.32 Å². The maximum absolute atomic E-state index is 12.3. The maximum Gasteiger partial charge on any atom is 0.410 e. The van der Waals surface area contributed by atoms with Crippen LogP contribution in [0, 0.1) is 11.3 Å². The lowest BCUT2D eigenvalue weighted by atomic mass is 9.92. The maximum atomic E-state index is 12.3. The molecule has 120 valence electrons. The quantitative estimate of drug-likeness (QED) is 0.829. The van der Waals surface area contributed by atoms with E-state index in [2.05, 4.69) is 26.1 Å². The predicted molar refractivity (Wildman–Crippen MR) is 78.1 cm³/mol. The van der Waals surface area contributed by atoms with Crippen molar-refractivity contribution in [2.24, 2.45) is 11.3 Å². The Morgan fingerprint density at radius 2 is 2.10 bits per heavy atom. The highest BCUT2D eigenvalue weighted by Crippen LogP contribution is 2.34. The number of nitrogens with one attached hydrogen (secondary N) is 1. The van der Waals surface area contributed by atoms with Crippen molar-refractivity contribution in [1.29, 1.82) is 0 Å². The minimum absolute atomic E-state index is 0.0537. The zero-order chi connectivity index (χ0) is 15.6. The van der Waals surface area contributed by atoms with Gasteiger partial charge in [0, 0.05) is 6.54 Å². The van der Waals surface area contributed by atoms with Gasteiger partial charge in [0.2, 0.25) is 0 Å². The van der Waals surface area contributed by atoms with Crippen molar-refractivity contribution >= 4 is 12.1 Å². The topological polar surface area (TPSA) is 78.9 Å². The molecule has 2 aliphatic heterocycles. The van der Waals surface area contributed by atoms with Gasteiger partial charge in [0.15, 0.2) is 0 Å². The molecule has 21 heavy (non-hydrogen) atoms. The number of carbonyl (C=O) groups is 2. The van der Waals surface area contributed by atoms with Gasteiger partial charge in [-0.3, -0.25) is 4.90 Å². The number of rotatable bonds is 3. The Morgan fingerprint density at radius 3 is 2.71 bits per heavy atom. The average molecular weight is 298 g/mol. The fourth-order valence-electron chi connectivity index (χ4n) is 3.13. The van der Waals surface area contributed by atoms with E-state index < -0.39 is 18.1 Å². The van der Waals surface area contributed by atoms with E-state index in [0.29, 0.717) is 19.6 Å². The van der Waals surface area contributed by atoms with Gasteiger partial charge in [-0.25, -0.2) is 9.59 Å². The van der Waals surface area contributed by atoms with Gasteiger partial charge in [-0.15, -0.1) is 0 Å². The number of piperidine rings is 1. The van der Waals surface area contributed by atoms with Crippen molar-refractivity contribution < 1.29 is 19.4 Å². The minimum atomic E-state index is -0.933. The number of nitrogens with zero attached hydrogens (tertiary/aromatic N) is 1. The van der Waals surface area contributed by atoms with Gasteiger partial charge in [-0.05, 0) is 37.1 Å². The molecular formula is C15H26N2O4. The van der Waals surface area contributed by atoms with E-state index >= 15 is 0 Å². The Hall–Kier alpha value is -1.30. The first-order chi connectivity index (χ1) is 9.79. The second kappa shape index (κ2) is 6.22. The Balaban J connectivity index is 2.00. The van der Waals surface area contributed by atoms with Crippen molar-refractivity contribution in [3.63, 3.8) is 0 Å². The van der Waals surface area contributed by atoms with Gasteiger partial charge >= 0.3 is 12.1 Å². The molecule has 6 nitrogen and oxygen atoms in total. The van der Waals surface area contributed by atoms with E-state index in [-0.39, 0.29) is 17.4 Å². The molecule has 0 aromatic rings. The molecule has 0 aromatic heterocycles. The van der Waals surface area contributed by atoms with Crippen LogP contribution in [0.25, 0.3) is 0 Å². The normalized spacial score (nSPS) is 29.1. The van der Waals surface area contributed by atoms with Crippen LogP contribution in [0.5, 0.6) is 0 Å². The van der Waals surface area contributed by atoms with E-state index in [1.165, 1.54) is 4.90 Å². The van der Waals surface area contributed by atoms with Crippen LogP contribution in [0.2, 0.25) is 0 Å². The first kappa shape index (κ1) is 16.1. The zero-order valence-corrected chi connectivity index (χ0v) is 13.1. The molecule has 0 bridgehead atoms. The highest BCUT2D eigenvalue weighted by molar-refractivity contribution is 5.81. The van der Waals surface area contributed by atoms with Gasteiger partial charge in [-0.2, -0.15) is 0 Å². The molecule has 0 aromatic carbocycles. The van der Waals surface area contributed by atoms with Crippen LogP contribution >= 0.6 is 0 Å². The van der Waals surface area contributed by atoms with Gasteiger partial charge < -0.3 is 15.2 Å². The Kier molecular flexibility index (Phi) is 4.76. The Morgan fingerprint density at radius 1 is 1.38 bits per heavy atom. The third-order valence-corrected chi connectivity index (χ3v) is 4.38. The SMILES string of the molecule is CC(C)(C)CCOC(=O)N1C(C(=O)O)CC2CCNCC21. The van der Waals surface area contributed by atoms with Crippen LogP contribution in [0.4, 0.5) is 4.79 Å². The molecule has 1 amide bonds. The van der Waals surface area contributed by atoms with Gasteiger partial charge in [-0.1, -0.05) is 20.8 Å². The van der Waals surface area contributed by atoms with Gasteiger partial charge in [0.05, 0.1) is 12.6 Å². The zero-order valence-electron chi connectivity index (χ0n) is 13.1. The Labute approximate surface area is 125 Å². The number of hydrogen-bond donors (Lipinski definition) is 2. The number of fused-ring (bicyclic) bond motifs is 1. The summed E-state index contributed by atoms with van der Waals surface area (Å²) in [6.07, 6.45) is 1.73. The summed E-state index contributed by atoms with van der Waals surface area (Å²) >= 11 is 0. The van der Waals surface area contributed by atoms with E-state index in [1.54, 1.807) is 0 Å². The summed E-state index contributed by atoms with van der Waals surface area (Å²) < 4.78 is 5.33. The van der Waals surface area contributed by atoms with Crippen LogP contribution in [0.1, 0.15) is 40.0 Å².